The Morgan fingerprint density at radius 1 is 1.17 bits per heavy atom. The minimum Gasteiger partial charge on any atom is -0.383 e. The number of hydrogen-bond acceptors (Lipinski definition) is 5. The van der Waals surface area contributed by atoms with Crippen molar-refractivity contribution in [2.24, 2.45) is 5.92 Å². The van der Waals surface area contributed by atoms with Gasteiger partial charge in [0, 0.05) is 42.2 Å². The van der Waals surface area contributed by atoms with Gasteiger partial charge in [0.25, 0.3) is 0 Å². The Balaban J connectivity index is 1.13. The number of halogens is 3. The molecule has 1 aromatic carbocycles. The molecule has 5 rings (SSSR count). The monoisotopic (exact) mass is 507 g/mol. The van der Waals surface area contributed by atoms with Crippen molar-refractivity contribution in [3.05, 3.63) is 51.0 Å². The number of aliphatic hydroxyl groups is 1. The van der Waals surface area contributed by atoms with Crippen LogP contribution in [0.2, 0.25) is 0 Å². The zero-order valence-electron chi connectivity index (χ0n) is 19.9. The molecule has 1 aromatic heterocycles. The Kier molecular flexibility index (Phi) is 6.70. The van der Waals surface area contributed by atoms with E-state index in [1.807, 2.05) is 13.1 Å². The number of aryl methyl sites for hydroxylation is 1. The summed E-state index contributed by atoms with van der Waals surface area (Å²) in [7, 11) is 0. The smallest absolute Gasteiger partial charge is 0.383 e. The quantitative estimate of drug-likeness (QED) is 0.615. The summed E-state index contributed by atoms with van der Waals surface area (Å²) in [6, 6.07) is 4.46. The first-order valence-electron chi connectivity index (χ1n) is 12.5. The molecule has 1 aliphatic heterocycles. The van der Waals surface area contributed by atoms with Crippen LogP contribution in [-0.4, -0.2) is 39.5 Å². The fourth-order valence-electron chi connectivity index (χ4n) is 5.92. The van der Waals surface area contributed by atoms with E-state index >= 15 is 0 Å². The molecule has 3 aliphatic rings. The number of aromatic nitrogens is 1. The van der Waals surface area contributed by atoms with Crippen LogP contribution in [0, 0.1) is 12.8 Å². The first-order valence-corrected chi connectivity index (χ1v) is 13.3. The van der Waals surface area contributed by atoms with Crippen molar-refractivity contribution in [1.82, 2.24) is 15.2 Å². The van der Waals surface area contributed by atoms with E-state index in [1.165, 1.54) is 6.07 Å². The molecule has 0 bridgehead atoms. The van der Waals surface area contributed by atoms with E-state index < -0.39 is 17.3 Å². The van der Waals surface area contributed by atoms with Gasteiger partial charge in [0.1, 0.15) is 10.6 Å². The summed E-state index contributed by atoms with van der Waals surface area (Å²) in [5.74, 6) is -0.0202. The van der Waals surface area contributed by atoms with Crippen molar-refractivity contribution in [2.75, 3.05) is 6.54 Å². The molecule has 2 heterocycles. The summed E-state index contributed by atoms with van der Waals surface area (Å²) in [5, 5.41) is 15.6. The van der Waals surface area contributed by atoms with Crippen molar-refractivity contribution in [1.29, 1.82) is 0 Å². The molecule has 2 fully saturated rings. The van der Waals surface area contributed by atoms with E-state index in [1.54, 1.807) is 22.3 Å². The Bertz CT molecular complexity index is 1080. The zero-order valence-corrected chi connectivity index (χ0v) is 20.7. The highest BCUT2D eigenvalue weighted by molar-refractivity contribution is 7.11. The highest BCUT2D eigenvalue weighted by Gasteiger charge is 2.40. The van der Waals surface area contributed by atoms with Crippen molar-refractivity contribution in [2.45, 2.75) is 88.7 Å². The second kappa shape index (κ2) is 9.48. The van der Waals surface area contributed by atoms with Crippen molar-refractivity contribution < 1.29 is 23.1 Å². The first-order chi connectivity index (χ1) is 16.6. The fraction of sp³-hybridized carbons (Fsp3) is 0.615. The van der Waals surface area contributed by atoms with Crippen molar-refractivity contribution in [3.63, 3.8) is 0 Å². The highest BCUT2D eigenvalue weighted by atomic mass is 32.1. The number of hydrogen-bond donors (Lipinski definition) is 2. The lowest BCUT2D eigenvalue weighted by molar-refractivity contribution is -0.137. The van der Waals surface area contributed by atoms with Crippen LogP contribution in [0.5, 0.6) is 0 Å². The molecular weight excluding hydrogens is 475 g/mol. The lowest BCUT2D eigenvalue weighted by Gasteiger charge is -2.36. The van der Waals surface area contributed by atoms with Gasteiger partial charge in [-0.05, 0) is 81.5 Å². The van der Waals surface area contributed by atoms with E-state index in [0.29, 0.717) is 37.4 Å². The molecule has 0 spiro atoms. The molecule has 2 N–H and O–H groups in total. The van der Waals surface area contributed by atoms with Gasteiger partial charge in [0.2, 0.25) is 5.91 Å². The van der Waals surface area contributed by atoms with Crippen LogP contribution in [0.3, 0.4) is 0 Å². The maximum atomic E-state index is 13.2. The second-order valence-corrected chi connectivity index (χ2v) is 11.7. The van der Waals surface area contributed by atoms with E-state index in [0.717, 1.165) is 53.6 Å². The molecule has 9 heteroatoms. The Morgan fingerprint density at radius 3 is 2.63 bits per heavy atom. The van der Waals surface area contributed by atoms with Crippen molar-refractivity contribution >= 4 is 17.2 Å². The van der Waals surface area contributed by atoms with E-state index in [-0.39, 0.29) is 24.4 Å². The molecule has 1 amide bonds. The van der Waals surface area contributed by atoms with E-state index in [9.17, 15) is 23.1 Å². The lowest BCUT2D eigenvalue weighted by Crippen LogP contribution is -2.44. The van der Waals surface area contributed by atoms with E-state index in [2.05, 4.69) is 10.3 Å². The van der Waals surface area contributed by atoms with Gasteiger partial charge in [-0.25, -0.2) is 4.98 Å². The number of benzene rings is 1. The number of alkyl halides is 3. The summed E-state index contributed by atoms with van der Waals surface area (Å²) in [4.78, 5) is 20.5. The Morgan fingerprint density at radius 2 is 1.94 bits per heavy atom. The molecule has 2 aromatic rings. The van der Waals surface area contributed by atoms with Crippen LogP contribution in [0.4, 0.5) is 13.2 Å². The molecule has 0 saturated heterocycles. The predicted molar refractivity (Wildman–Crippen MR) is 128 cm³/mol. The van der Waals surface area contributed by atoms with Crippen LogP contribution in [0.1, 0.15) is 71.5 Å². The third kappa shape index (κ3) is 5.27. The van der Waals surface area contributed by atoms with Gasteiger partial charge in [0.15, 0.2) is 0 Å². The summed E-state index contributed by atoms with van der Waals surface area (Å²) < 4.78 is 39.4. The molecule has 35 heavy (non-hydrogen) atoms. The van der Waals surface area contributed by atoms with Crippen LogP contribution in [0.15, 0.2) is 24.4 Å². The number of nitrogens with zero attached hydrogens (tertiary/aromatic N) is 2. The molecular formula is C26H32F3N3O2S. The van der Waals surface area contributed by atoms with Gasteiger partial charge >= 0.3 is 6.18 Å². The molecule has 5 nitrogen and oxygen atoms in total. The number of thiazole rings is 1. The second-order valence-electron chi connectivity index (χ2n) is 10.4. The summed E-state index contributed by atoms with van der Waals surface area (Å²) >= 11 is 1.56. The van der Waals surface area contributed by atoms with Crippen molar-refractivity contribution in [3.8, 4) is 0 Å². The Hall–Kier alpha value is -1.97. The molecule has 190 valence electrons. The maximum absolute atomic E-state index is 13.2. The Labute approximate surface area is 207 Å². The lowest BCUT2D eigenvalue weighted by atomic mass is 9.82. The molecule has 2 aliphatic carbocycles. The van der Waals surface area contributed by atoms with Crippen LogP contribution >= 0.6 is 11.3 Å². The minimum absolute atomic E-state index is 0.0644. The predicted octanol–water partition coefficient (Wildman–Crippen LogP) is 4.94. The third-order valence-electron chi connectivity index (χ3n) is 7.94. The third-order valence-corrected chi connectivity index (χ3v) is 9.05. The average molecular weight is 508 g/mol. The van der Waals surface area contributed by atoms with Gasteiger partial charge in [-0.1, -0.05) is 6.07 Å². The number of fused-ring (bicyclic) bond motifs is 1. The first kappa shape index (κ1) is 24.7. The largest absolute Gasteiger partial charge is 0.416 e. The van der Waals surface area contributed by atoms with Gasteiger partial charge in [-0.3, -0.25) is 4.79 Å². The number of amides is 1. The number of carbonyl (C=O) groups is 1. The SMILES string of the molecule is Cc1cnc(C2(O)CCC(NC3CCC(C(=O)N4CCc5ccc(C(F)(F)F)cc5C4)C3)CC2)s1. The summed E-state index contributed by atoms with van der Waals surface area (Å²) in [6.45, 7) is 2.81. The highest BCUT2D eigenvalue weighted by Crippen LogP contribution is 2.40. The van der Waals surface area contributed by atoms with Crippen LogP contribution in [0.25, 0.3) is 0 Å². The molecule has 0 radical (unpaired) electrons. The minimum atomic E-state index is -4.38. The molecule has 2 saturated carbocycles. The van der Waals surface area contributed by atoms with Crippen LogP contribution < -0.4 is 5.32 Å². The van der Waals surface area contributed by atoms with Gasteiger partial charge in [-0.2, -0.15) is 13.2 Å². The molecule has 2 atom stereocenters. The van der Waals surface area contributed by atoms with Gasteiger partial charge < -0.3 is 15.3 Å². The summed E-state index contributed by atoms with van der Waals surface area (Å²) in [5.41, 5.74) is 0.0254. The fourth-order valence-corrected chi connectivity index (χ4v) is 6.83. The number of nitrogens with one attached hydrogen (secondary N) is 1. The standard InChI is InChI=1S/C26H32F3N3O2S/c1-16-14-30-24(35-16)25(34)9-6-21(7-10-25)31-22-5-3-18(13-22)23(33)32-11-8-17-2-4-20(26(27,28)29)12-19(17)15-32/h2,4,12,14,18,21-22,31,34H,3,5-11,13,15H2,1H3. The molecule has 2 unspecified atom stereocenters. The maximum Gasteiger partial charge on any atom is 0.416 e. The van der Waals surface area contributed by atoms with E-state index in [4.69, 9.17) is 0 Å². The summed E-state index contributed by atoms with van der Waals surface area (Å²) in [6.07, 6.45) is 3.62. The number of rotatable bonds is 4. The number of carbonyl (C=O) groups excluding carboxylic acids is 1. The van der Waals surface area contributed by atoms with Gasteiger partial charge in [0.05, 0.1) is 5.56 Å². The van der Waals surface area contributed by atoms with Gasteiger partial charge in [-0.15, -0.1) is 11.3 Å². The van der Waals surface area contributed by atoms with Crippen LogP contribution in [-0.2, 0) is 29.5 Å². The zero-order chi connectivity index (χ0) is 24.8. The normalized spacial score (nSPS) is 29.3. The topological polar surface area (TPSA) is 65.5 Å². The average Bonchev–Trinajstić information content (AvgIpc) is 3.48.